The van der Waals surface area contributed by atoms with Crippen LogP contribution in [0.5, 0.6) is 0 Å². The summed E-state index contributed by atoms with van der Waals surface area (Å²) in [4.78, 5) is 20.9. The van der Waals surface area contributed by atoms with Crippen molar-refractivity contribution in [2.45, 2.75) is 20.3 Å². The predicted octanol–water partition coefficient (Wildman–Crippen LogP) is 1.96. The molecule has 0 saturated heterocycles. The molecule has 19 heavy (non-hydrogen) atoms. The molecule has 3 aromatic rings. The molecule has 0 bridgehead atoms. The summed E-state index contributed by atoms with van der Waals surface area (Å²) in [6, 6.07) is 7.07. The second-order valence-electron chi connectivity index (χ2n) is 4.42. The van der Waals surface area contributed by atoms with Crippen molar-refractivity contribution in [3.63, 3.8) is 0 Å². The highest BCUT2D eigenvalue weighted by Gasteiger charge is 2.11. The number of hydrogen-bond acceptors (Lipinski definition) is 3. The lowest BCUT2D eigenvalue weighted by atomic mass is 10.2. The first-order chi connectivity index (χ1) is 9.20. The average Bonchev–Trinajstić information content (AvgIpc) is 2.77. The fourth-order valence-corrected chi connectivity index (χ4v) is 2.19. The van der Waals surface area contributed by atoms with Gasteiger partial charge in [-0.1, -0.05) is 13.0 Å². The van der Waals surface area contributed by atoms with Crippen molar-refractivity contribution >= 4 is 5.65 Å². The van der Waals surface area contributed by atoms with Gasteiger partial charge in [0.2, 0.25) is 0 Å². The number of aromatic nitrogens is 4. The molecular weight excluding hydrogens is 240 g/mol. The van der Waals surface area contributed by atoms with Gasteiger partial charge in [0.05, 0.1) is 11.4 Å². The maximum atomic E-state index is 12.1. The van der Waals surface area contributed by atoms with Crippen molar-refractivity contribution in [2.24, 2.45) is 0 Å². The molecule has 5 nitrogen and oxygen atoms in total. The fourth-order valence-electron chi connectivity index (χ4n) is 2.19. The van der Waals surface area contributed by atoms with Crippen molar-refractivity contribution in [1.82, 2.24) is 19.6 Å². The molecule has 0 atom stereocenters. The molecule has 0 amide bonds. The van der Waals surface area contributed by atoms with Crippen molar-refractivity contribution in [3.8, 4) is 11.4 Å². The highest BCUT2D eigenvalue weighted by molar-refractivity contribution is 5.59. The van der Waals surface area contributed by atoms with Crippen LogP contribution in [0.2, 0.25) is 0 Å². The first-order valence-corrected chi connectivity index (χ1v) is 6.23. The van der Waals surface area contributed by atoms with Crippen LogP contribution in [-0.2, 0) is 6.42 Å². The first-order valence-electron chi connectivity index (χ1n) is 6.23. The number of H-pyrrole nitrogens is 1. The quantitative estimate of drug-likeness (QED) is 0.760. The van der Waals surface area contributed by atoms with Gasteiger partial charge in [0, 0.05) is 23.5 Å². The summed E-state index contributed by atoms with van der Waals surface area (Å²) in [5.74, 6) is 0. The van der Waals surface area contributed by atoms with Crippen LogP contribution in [0, 0.1) is 6.92 Å². The molecule has 1 N–H and O–H groups in total. The lowest BCUT2D eigenvalue weighted by Gasteiger charge is -2.00. The van der Waals surface area contributed by atoms with Crippen molar-refractivity contribution in [2.75, 3.05) is 0 Å². The minimum atomic E-state index is -0.117. The Morgan fingerprint density at radius 1 is 1.32 bits per heavy atom. The molecule has 5 heteroatoms. The molecule has 0 aromatic carbocycles. The molecule has 3 aromatic heterocycles. The monoisotopic (exact) mass is 254 g/mol. The summed E-state index contributed by atoms with van der Waals surface area (Å²) in [5.41, 5.74) is 3.91. The molecule has 0 aliphatic rings. The Hall–Kier alpha value is -2.43. The summed E-state index contributed by atoms with van der Waals surface area (Å²) in [5, 5.41) is 3.08. The molecule has 0 radical (unpaired) electrons. The van der Waals surface area contributed by atoms with E-state index < -0.39 is 0 Å². The Kier molecular flexibility index (Phi) is 2.67. The van der Waals surface area contributed by atoms with Crippen LogP contribution in [0.1, 0.15) is 18.2 Å². The second kappa shape index (κ2) is 4.35. The van der Waals surface area contributed by atoms with Gasteiger partial charge in [0.15, 0.2) is 5.65 Å². The highest BCUT2D eigenvalue weighted by atomic mass is 16.1. The number of aromatic amines is 1. The van der Waals surface area contributed by atoms with E-state index in [-0.39, 0.29) is 5.56 Å². The number of nitrogens with zero attached hydrogens (tertiary/aromatic N) is 3. The third-order valence-electron chi connectivity index (χ3n) is 3.23. The average molecular weight is 254 g/mol. The van der Waals surface area contributed by atoms with E-state index in [1.165, 1.54) is 10.6 Å². The van der Waals surface area contributed by atoms with E-state index >= 15 is 0 Å². The largest absolute Gasteiger partial charge is 0.293 e. The third kappa shape index (κ3) is 1.83. The zero-order chi connectivity index (χ0) is 13.4. The SMILES string of the molecule is CCc1[nH]n2c(=O)cc(-c3ccccn3)nc2c1C. The maximum Gasteiger partial charge on any atom is 0.273 e. The van der Waals surface area contributed by atoms with Crippen molar-refractivity contribution < 1.29 is 0 Å². The summed E-state index contributed by atoms with van der Waals surface area (Å²) in [7, 11) is 0. The highest BCUT2D eigenvalue weighted by Crippen LogP contribution is 2.16. The number of rotatable bonds is 2. The number of fused-ring (bicyclic) bond motifs is 1. The van der Waals surface area contributed by atoms with E-state index in [0.29, 0.717) is 17.0 Å². The molecule has 0 spiro atoms. The second-order valence-corrected chi connectivity index (χ2v) is 4.42. The number of pyridine rings is 1. The van der Waals surface area contributed by atoms with Crippen molar-refractivity contribution in [3.05, 3.63) is 52.1 Å². The van der Waals surface area contributed by atoms with Gasteiger partial charge in [-0.25, -0.2) is 9.50 Å². The summed E-state index contributed by atoms with van der Waals surface area (Å²) < 4.78 is 1.49. The Morgan fingerprint density at radius 2 is 2.16 bits per heavy atom. The molecule has 0 aliphatic heterocycles. The topological polar surface area (TPSA) is 63.0 Å². The minimum Gasteiger partial charge on any atom is -0.293 e. The van der Waals surface area contributed by atoms with Gasteiger partial charge in [-0.3, -0.25) is 14.9 Å². The third-order valence-corrected chi connectivity index (χ3v) is 3.23. The molecule has 3 rings (SSSR count). The molecule has 0 unspecified atom stereocenters. The van der Waals surface area contributed by atoms with E-state index in [4.69, 9.17) is 0 Å². The van der Waals surface area contributed by atoms with Gasteiger partial charge < -0.3 is 0 Å². The maximum absolute atomic E-state index is 12.1. The zero-order valence-electron chi connectivity index (χ0n) is 10.8. The van der Waals surface area contributed by atoms with Gasteiger partial charge in [0.1, 0.15) is 0 Å². The number of hydrogen-bond donors (Lipinski definition) is 1. The predicted molar refractivity (Wildman–Crippen MR) is 73.2 cm³/mol. The fraction of sp³-hybridized carbons (Fsp3) is 0.214. The summed E-state index contributed by atoms with van der Waals surface area (Å²) in [6.07, 6.45) is 2.54. The molecule has 3 heterocycles. The summed E-state index contributed by atoms with van der Waals surface area (Å²) >= 11 is 0. The number of nitrogens with one attached hydrogen (secondary N) is 1. The Bertz CT molecular complexity index is 786. The van der Waals surface area contributed by atoms with E-state index in [9.17, 15) is 4.79 Å². The lowest BCUT2D eigenvalue weighted by Crippen LogP contribution is -2.14. The van der Waals surface area contributed by atoms with Crippen LogP contribution in [-0.4, -0.2) is 19.6 Å². The minimum absolute atomic E-state index is 0.117. The van der Waals surface area contributed by atoms with Gasteiger partial charge in [0.25, 0.3) is 5.56 Å². The van der Waals surface area contributed by atoms with Gasteiger partial charge in [-0.2, -0.15) is 0 Å². The Labute approximate surface area is 109 Å². The first kappa shape index (κ1) is 11.6. The van der Waals surface area contributed by atoms with Crippen LogP contribution < -0.4 is 5.56 Å². The molecule has 0 saturated carbocycles. The smallest absolute Gasteiger partial charge is 0.273 e. The van der Waals surface area contributed by atoms with Gasteiger partial charge >= 0.3 is 0 Å². The van der Waals surface area contributed by atoms with Gasteiger partial charge in [-0.05, 0) is 25.5 Å². The van der Waals surface area contributed by atoms with Crippen LogP contribution in [0.3, 0.4) is 0 Å². The van der Waals surface area contributed by atoms with Crippen LogP contribution in [0.25, 0.3) is 17.0 Å². The van der Waals surface area contributed by atoms with Crippen LogP contribution in [0.4, 0.5) is 0 Å². The van der Waals surface area contributed by atoms with E-state index in [0.717, 1.165) is 17.7 Å². The molecular formula is C14H14N4O. The van der Waals surface area contributed by atoms with Gasteiger partial charge in [-0.15, -0.1) is 0 Å². The van der Waals surface area contributed by atoms with E-state index in [1.807, 2.05) is 32.0 Å². The zero-order valence-corrected chi connectivity index (χ0v) is 10.8. The molecule has 0 aliphatic carbocycles. The van der Waals surface area contributed by atoms with Crippen molar-refractivity contribution in [1.29, 1.82) is 0 Å². The normalized spacial score (nSPS) is 11.1. The van der Waals surface area contributed by atoms with Crippen LogP contribution in [0.15, 0.2) is 35.3 Å². The molecule has 0 fully saturated rings. The standard InChI is InChI=1S/C14H14N4O/c1-3-10-9(2)14-16-12(8-13(19)18(14)17-10)11-6-4-5-7-15-11/h4-8,17H,3H2,1-2H3. The summed E-state index contributed by atoms with van der Waals surface area (Å²) in [6.45, 7) is 4.02. The van der Waals surface area contributed by atoms with E-state index in [2.05, 4.69) is 15.1 Å². The Balaban J connectivity index is 2.30. The van der Waals surface area contributed by atoms with E-state index in [1.54, 1.807) is 6.20 Å². The number of aryl methyl sites for hydroxylation is 2. The lowest BCUT2D eigenvalue weighted by molar-refractivity contribution is 0.858. The van der Waals surface area contributed by atoms with Crippen LogP contribution >= 0.6 is 0 Å². The molecule has 96 valence electrons. The Morgan fingerprint density at radius 3 is 2.84 bits per heavy atom.